The lowest BCUT2D eigenvalue weighted by Gasteiger charge is -2.21. The Morgan fingerprint density at radius 1 is 1.18 bits per heavy atom. The van der Waals surface area contributed by atoms with Crippen molar-refractivity contribution in [1.29, 1.82) is 0 Å². The molecule has 0 aliphatic carbocycles. The summed E-state index contributed by atoms with van der Waals surface area (Å²) in [6, 6.07) is 5.82. The SMILES string of the molecule is O=C(O)[C@@H](CN1CCN(CCCc2ccc3c(n2)NCCC3)C1=O)c1nc2ccncc2[nH]1. The topological polar surface area (TPSA) is 127 Å². The molecule has 0 radical (unpaired) electrons. The number of carbonyl (C=O) groups is 2. The molecule has 5 heterocycles. The van der Waals surface area contributed by atoms with Crippen LogP contribution in [-0.2, 0) is 17.6 Å². The molecule has 0 aromatic carbocycles. The minimum atomic E-state index is -1.01. The third kappa shape index (κ3) is 4.46. The summed E-state index contributed by atoms with van der Waals surface area (Å²) in [7, 11) is 0. The number of hydrogen-bond donors (Lipinski definition) is 3. The van der Waals surface area contributed by atoms with Gasteiger partial charge in [0.1, 0.15) is 17.6 Å². The van der Waals surface area contributed by atoms with E-state index >= 15 is 0 Å². The smallest absolute Gasteiger partial charge is 0.320 e. The summed E-state index contributed by atoms with van der Waals surface area (Å²) in [4.78, 5) is 44.4. The molecule has 10 nitrogen and oxygen atoms in total. The minimum Gasteiger partial charge on any atom is -0.481 e. The standard InChI is InChI=1S/C23H27N7O3/c31-22(32)17(21-27-18-7-9-24-13-19(18)28-21)14-30-12-11-29(23(30)33)10-2-4-16-6-5-15-3-1-8-25-20(15)26-16/h5-7,9,13,17H,1-4,8,10-12,14H2,(H,25,26)(H,27,28)(H,31,32)/t17-/m0/s1. The molecule has 0 unspecified atom stereocenters. The van der Waals surface area contributed by atoms with Gasteiger partial charge in [-0.15, -0.1) is 0 Å². The zero-order valence-corrected chi connectivity index (χ0v) is 18.3. The first-order valence-corrected chi connectivity index (χ1v) is 11.4. The van der Waals surface area contributed by atoms with Crippen LogP contribution in [0.2, 0.25) is 0 Å². The van der Waals surface area contributed by atoms with Crippen LogP contribution in [0.15, 0.2) is 30.6 Å². The van der Waals surface area contributed by atoms with E-state index in [1.807, 2.05) is 0 Å². The van der Waals surface area contributed by atoms with Crippen molar-refractivity contribution in [3.05, 3.63) is 47.7 Å². The van der Waals surface area contributed by atoms with Gasteiger partial charge >= 0.3 is 12.0 Å². The first-order chi connectivity index (χ1) is 16.1. The van der Waals surface area contributed by atoms with Gasteiger partial charge in [0.15, 0.2) is 0 Å². The maximum absolute atomic E-state index is 12.9. The van der Waals surface area contributed by atoms with Crippen molar-refractivity contribution in [1.82, 2.24) is 29.7 Å². The minimum absolute atomic E-state index is 0.0793. The highest BCUT2D eigenvalue weighted by molar-refractivity contribution is 5.81. The largest absolute Gasteiger partial charge is 0.481 e. The van der Waals surface area contributed by atoms with E-state index < -0.39 is 11.9 Å². The van der Waals surface area contributed by atoms with Crippen molar-refractivity contribution in [3.63, 3.8) is 0 Å². The number of amides is 2. The first kappa shape index (κ1) is 21.2. The highest BCUT2D eigenvalue weighted by Crippen LogP contribution is 2.22. The number of urea groups is 1. The van der Waals surface area contributed by atoms with Gasteiger partial charge in [-0.2, -0.15) is 0 Å². The zero-order chi connectivity index (χ0) is 22.8. The van der Waals surface area contributed by atoms with E-state index in [4.69, 9.17) is 4.98 Å². The van der Waals surface area contributed by atoms with Crippen LogP contribution in [0.1, 0.15) is 35.8 Å². The Morgan fingerprint density at radius 2 is 2.06 bits per heavy atom. The van der Waals surface area contributed by atoms with E-state index in [2.05, 4.69) is 32.4 Å². The summed E-state index contributed by atoms with van der Waals surface area (Å²) >= 11 is 0. The highest BCUT2D eigenvalue weighted by atomic mass is 16.4. The van der Waals surface area contributed by atoms with Crippen molar-refractivity contribution in [2.24, 2.45) is 0 Å². The summed E-state index contributed by atoms with van der Waals surface area (Å²) in [6.07, 6.45) is 7.03. The number of carboxylic acids is 1. The normalized spacial score (nSPS) is 16.7. The lowest BCUT2D eigenvalue weighted by atomic mass is 10.1. The number of hydrogen-bond acceptors (Lipinski definition) is 6. The second-order valence-corrected chi connectivity index (χ2v) is 8.57. The molecule has 33 heavy (non-hydrogen) atoms. The van der Waals surface area contributed by atoms with Crippen LogP contribution in [0.5, 0.6) is 0 Å². The van der Waals surface area contributed by atoms with Gasteiger partial charge in [-0.25, -0.2) is 14.8 Å². The lowest BCUT2D eigenvalue weighted by Crippen LogP contribution is -2.37. The van der Waals surface area contributed by atoms with Crippen molar-refractivity contribution in [3.8, 4) is 0 Å². The number of H-pyrrole nitrogens is 1. The summed E-state index contributed by atoms with van der Waals surface area (Å²) in [5.74, 6) is -0.610. The molecule has 0 spiro atoms. The van der Waals surface area contributed by atoms with Gasteiger partial charge in [-0.1, -0.05) is 6.07 Å². The summed E-state index contributed by atoms with van der Waals surface area (Å²) < 4.78 is 0. The zero-order valence-electron chi connectivity index (χ0n) is 18.3. The molecule has 2 aliphatic heterocycles. The average molecular weight is 450 g/mol. The molecule has 1 fully saturated rings. The maximum atomic E-state index is 12.9. The molecule has 5 rings (SSSR count). The second kappa shape index (κ2) is 9.05. The number of fused-ring (bicyclic) bond motifs is 2. The molecule has 2 aliphatic rings. The summed E-state index contributed by atoms with van der Waals surface area (Å²) in [5.41, 5.74) is 3.63. The fraction of sp³-hybridized carbons (Fsp3) is 0.435. The molecule has 3 N–H and O–H groups in total. The van der Waals surface area contributed by atoms with Crippen LogP contribution in [-0.4, -0.2) is 79.6 Å². The second-order valence-electron chi connectivity index (χ2n) is 8.57. The number of anilines is 1. The molecule has 0 saturated carbocycles. The molecule has 172 valence electrons. The third-order valence-electron chi connectivity index (χ3n) is 6.33. The number of imidazole rings is 1. The van der Waals surface area contributed by atoms with Crippen LogP contribution >= 0.6 is 0 Å². The van der Waals surface area contributed by atoms with Crippen LogP contribution in [0.3, 0.4) is 0 Å². The summed E-state index contributed by atoms with van der Waals surface area (Å²) in [6.45, 7) is 2.76. The van der Waals surface area contributed by atoms with E-state index in [0.29, 0.717) is 36.5 Å². The van der Waals surface area contributed by atoms with Crippen LogP contribution < -0.4 is 5.32 Å². The fourth-order valence-electron chi connectivity index (χ4n) is 4.51. The number of aromatic amines is 1. The number of aliphatic carboxylic acids is 1. The summed E-state index contributed by atoms with van der Waals surface area (Å²) in [5, 5.41) is 13.1. The van der Waals surface area contributed by atoms with Crippen molar-refractivity contribution in [2.45, 2.75) is 31.6 Å². The van der Waals surface area contributed by atoms with Gasteiger partial charge < -0.3 is 25.2 Å². The molecule has 3 aromatic rings. The Bertz CT molecular complexity index is 1140. The molecule has 10 heteroatoms. The Morgan fingerprint density at radius 3 is 2.91 bits per heavy atom. The van der Waals surface area contributed by atoms with Crippen LogP contribution in [0, 0.1) is 0 Å². The van der Waals surface area contributed by atoms with Gasteiger partial charge in [0.05, 0.1) is 17.2 Å². The number of aryl methyl sites for hydroxylation is 2. The van der Waals surface area contributed by atoms with Gasteiger partial charge in [0, 0.05) is 44.6 Å². The Labute approximate surface area is 191 Å². The van der Waals surface area contributed by atoms with Crippen LogP contribution in [0.4, 0.5) is 10.6 Å². The molecule has 2 amide bonds. The number of nitrogens with one attached hydrogen (secondary N) is 2. The first-order valence-electron chi connectivity index (χ1n) is 11.4. The van der Waals surface area contributed by atoms with Crippen molar-refractivity contribution in [2.75, 3.05) is 38.0 Å². The predicted octanol–water partition coefficient (Wildman–Crippen LogP) is 2.25. The van der Waals surface area contributed by atoms with Crippen LogP contribution in [0.25, 0.3) is 11.0 Å². The molecule has 3 aromatic heterocycles. The van der Waals surface area contributed by atoms with Gasteiger partial charge in [0.2, 0.25) is 0 Å². The van der Waals surface area contributed by atoms with Gasteiger partial charge in [-0.05, 0) is 43.4 Å². The average Bonchev–Trinajstić information content (AvgIpc) is 3.40. The van der Waals surface area contributed by atoms with E-state index in [9.17, 15) is 14.7 Å². The number of aromatic nitrogens is 4. The number of pyridine rings is 2. The molecular formula is C23H27N7O3. The highest BCUT2D eigenvalue weighted by Gasteiger charge is 2.34. The number of nitrogens with zero attached hydrogens (tertiary/aromatic N) is 5. The van der Waals surface area contributed by atoms with Crippen molar-refractivity contribution < 1.29 is 14.7 Å². The van der Waals surface area contributed by atoms with E-state index in [1.165, 1.54) is 5.56 Å². The van der Waals surface area contributed by atoms with E-state index in [-0.39, 0.29) is 12.6 Å². The third-order valence-corrected chi connectivity index (χ3v) is 6.33. The lowest BCUT2D eigenvalue weighted by molar-refractivity contribution is -0.139. The predicted molar refractivity (Wildman–Crippen MR) is 122 cm³/mol. The Hall–Kier alpha value is -3.69. The molecule has 1 saturated heterocycles. The number of carbonyl (C=O) groups excluding carboxylic acids is 1. The number of carboxylic acid groups (broad SMARTS) is 1. The van der Waals surface area contributed by atoms with Gasteiger partial charge in [-0.3, -0.25) is 9.78 Å². The quantitative estimate of drug-likeness (QED) is 0.481. The van der Waals surface area contributed by atoms with E-state index in [0.717, 1.165) is 43.7 Å². The van der Waals surface area contributed by atoms with Gasteiger partial charge in [0.25, 0.3) is 0 Å². The Balaban J connectivity index is 1.17. The molecule has 0 bridgehead atoms. The van der Waals surface area contributed by atoms with E-state index in [1.54, 1.807) is 28.3 Å². The van der Waals surface area contributed by atoms with Crippen molar-refractivity contribution >= 4 is 28.9 Å². The number of rotatable bonds is 8. The Kier molecular flexibility index (Phi) is 5.80. The molecular weight excluding hydrogens is 422 g/mol. The monoisotopic (exact) mass is 449 g/mol. The molecule has 1 atom stereocenters. The fourth-order valence-corrected chi connectivity index (χ4v) is 4.51. The maximum Gasteiger partial charge on any atom is 0.320 e.